The Kier molecular flexibility index (Phi) is 5.67. The Balaban J connectivity index is 1.65. The first kappa shape index (κ1) is 18.8. The number of rotatable bonds is 7. The number of nitrogens with zero attached hydrogens (tertiary/aromatic N) is 2. The summed E-state index contributed by atoms with van der Waals surface area (Å²) in [7, 11) is 0. The summed E-state index contributed by atoms with van der Waals surface area (Å²) >= 11 is 2.45. The minimum Gasteiger partial charge on any atom is -0.493 e. The lowest BCUT2D eigenvalue weighted by Gasteiger charge is -2.09. The maximum atomic E-state index is 12.4. The highest BCUT2D eigenvalue weighted by atomic mass is 32.1. The molecule has 0 atom stereocenters. The predicted molar refractivity (Wildman–Crippen MR) is 104 cm³/mol. The fourth-order valence-corrected chi connectivity index (χ4v) is 3.68. The number of carbonyl (C=O) groups excluding carboxylic acids is 1. The van der Waals surface area contributed by atoms with Crippen molar-refractivity contribution in [3.05, 3.63) is 50.9 Å². The molecule has 1 aromatic carbocycles. The van der Waals surface area contributed by atoms with Gasteiger partial charge in [0, 0.05) is 28.6 Å². The highest BCUT2D eigenvalue weighted by molar-refractivity contribution is 7.17. The van der Waals surface area contributed by atoms with Gasteiger partial charge in [0.2, 0.25) is 0 Å². The fourth-order valence-electron chi connectivity index (χ4n) is 2.26. The summed E-state index contributed by atoms with van der Waals surface area (Å²) in [5.41, 5.74) is 9.33. The van der Waals surface area contributed by atoms with Crippen LogP contribution in [0.25, 0.3) is 0 Å². The zero-order chi connectivity index (χ0) is 19.4. The molecule has 3 rings (SSSR count). The summed E-state index contributed by atoms with van der Waals surface area (Å²) in [6, 6.07) is 4.74. The van der Waals surface area contributed by atoms with Crippen LogP contribution < -0.4 is 15.8 Å². The Morgan fingerprint density at radius 2 is 2.11 bits per heavy atom. The van der Waals surface area contributed by atoms with Crippen LogP contribution in [0.15, 0.2) is 29.9 Å². The van der Waals surface area contributed by atoms with Gasteiger partial charge in [0.05, 0.1) is 24.0 Å². The van der Waals surface area contributed by atoms with E-state index < -0.39 is 11.9 Å². The number of aromatic carboxylic acids is 1. The van der Waals surface area contributed by atoms with Crippen LogP contribution in [0.1, 0.15) is 30.6 Å². The molecule has 0 unspecified atom stereocenters. The van der Waals surface area contributed by atoms with E-state index in [-0.39, 0.29) is 10.0 Å². The molecule has 0 aliphatic rings. The number of aromatic nitrogens is 2. The summed E-state index contributed by atoms with van der Waals surface area (Å²) in [6.45, 7) is 2.38. The largest absolute Gasteiger partial charge is 0.493 e. The summed E-state index contributed by atoms with van der Waals surface area (Å²) < 4.78 is 5.72. The Labute approximate surface area is 162 Å². The van der Waals surface area contributed by atoms with Crippen molar-refractivity contribution in [1.29, 1.82) is 0 Å². The first-order chi connectivity index (χ1) is 12.9. The van der Waals surface area contributed by atoms with E-state index in [9.17, 15) is 9.59 Å². The highest BCUT2D eigenvalue weighted by Gasteiger charge is 2.14. The van der Waals surface area contributed by atoms with E-state index in [1.807, 2.05) is 6.92 Å². The second-order valence-electron chi connectivity index (χ2n) is 5.54. The quantitative estimate of drug-likeness (QED) is 0.516. The summed E-state index contributed by atoms with van der Waals surface area (Å²) in [5.74, 6) is -1.06. The number of aryl methyl sites for hydroxylation is 1. The number of anilines is 2. The molecule has 8 nitrogen and oxygen atoms in total. The van der Waals surface area contributed by atoms with Crippen molar-refractivity contribution < 1.29 is 19.4 Å². The van der Waals surface area contributed by atoms with Crippen molar-refractivity contribution in [3.8, 4) is 5.75 Å². The number of ether oxygens (including phenoxy) is 1. The van der Waals surface area contributed by atoms with Crippen LogP contribution in [-0.2, 0) is 6.42 Å². The second kappa shape index (κ2) is 8.14. The molecular formula is C17H16N4O4S2. The molecule has 3 aromatic rings. The number of hydrogen-bond donors (Lipinski definition) is 3. The van der Waals surface area contributed by atoms with E-state index in [1.54, 1.807) is 29.0 Å². The summed E-state index contributed by atoms with van der Waals surface area (Å²) in [5, 5.41) is 11.7. The van der Waals surface area contributed by atoms with E-state index in [1.165, 1.54) is 12.3 Å². The van der Waals surface area contributed by atoms with Gasteiger partial charge in [-0.1, -0.05) is 11.3 Å². The van der Waals surface area contributed by atoms with Crippen LogP contribution in [0, 0.1) is 6.92 Å². The molecule has 140 valence electrons. The Morgan fingerprint density at radius 1 is 1.30 bits per heavy atom. The number of amides is 1. The number of nitrogen functional groups attached to an aromatic ring is 1. The van der Waals surface area contributed by atoms with Gasteiger partial charge in [-0.05, 0) is 19.1 Å². The minimum atomic E-state index is -1.09. The van der Waals surface area contributed by atoms with Crippen LogP contribution in [-0.4, -0.2) is 33.6 Å². The Hall–Kier alpha value is -2.98. The van der Waals surface area contributed by atoms with Gasteiger partial charge in [0.25, 0.3) is 5.91 Å². The first-order valence-corrected chi connectivity index (χ1v) is 9.55. The SMILES string of the molecule is Cc1ncsc1CCOc1cc(N)cc(C(=O)Nc2ncc(C(=O)O)s2)c1. The van der Waals surface area contributed by atoms with Crippen LogP contribution in [0.4, 0.5) is 10.8 Å². The molecule has 10 heteroatoms. The van der Waals surface area contributed by atoms with E-state index in [0.717, 1.165) is 21.9 Å². The first-order valence-electron chi connectivity index (χ1n) is 7.85. The molecule has 0 fully saturated rings. The third-order valence-electron chi connectivity index (χ3n) is 3.57. The van der Waals surface area contributed by atoms with E-state index >= 15 is 0 Å². The van der Waals surface area contributed by atoms with Crippen LogP contribution >= 0.6 is 22.7 Å². The van der Waals surface area contributed by atoms with E-state index in [2.05, 4.69) is 15.3 Å². The molecule has 0 saturated heterocycles. The van der Waals surface area contributed by atoms with Crippen molar-refractivity contribution >= 4 is 45.4 Å². The number of hydrogen-bond acceptors (Lipinski definition) is 8. The normalized spacial score (nSPS) is 10.6. The van der Waals surface area contributed by atoms with Gasteiger partial charge in [-0.15, -0.1) is 11.3 Å². The molecule has 0 saturated carbocycles. The molecule has 0 aliphatic carbocycles. The maximum absolute atomic E-state index is 12.4. The van der Waals surface area contributed by atoms with Gasteiger partial charge in [-0.2, -0.15) is 0 Å². The number of carboxylic acid groups (broad SMARTS) is 1. The standard InChI is InChI=1S/C17H16N4O4S2/c1-9-13(26-8-20-9)2-3-25-12-5-10(4-11(18)6-12)15(22)21-17-19-7-14(27-17)16(23)24/h4-8H,2-3,18H2,1H3,(H,23,24)(H,19,21,22). The van der Waals surface area contributed by atoms with Gasteiger partial charge in [-0.3, -0.25) is 10.1 Å². The van der Waals surface area contributed by atoms with Crippen LogP contribution in [0.5, 0.6) is 5.75 Å². The molecule has 0 aliphatic heterocycles. The average Bonchev–Trinajstić information content (AvgIpc) is 3.24. The van der Waals surface area contributed by atoms with Crippen molar-refractivity contribution in [2.75, 3.05) is 17.7 Å². The molecule has 27 heavy (non-hydrogen) atoms. The molecule has 4 N–H and O–H groups in total. The van der Waals surface area contributed by atoms with Crippen LogP contribution in [0.2, 0.25) is 0 Å². The average molecular weight is 404 g/mol. The molecule has 0 bridgehead atoms. The Bertz CT molecular complexity index is 983. The van der Waals surface area contributed by atoms with Gasteiger partial charge in [0.15, 0.2) is 5.13 Å². The molecule has 0 radical (unpaired) electrons. The topological polar surface area (TPSA) is 127 Å². The predicted octanol–water partition coefficient (Wildman–Crippen LogP) is 3.06. The smallest absolute Gasteiger partial charge is 0.347 e. The number of carboxylic acids is 1. The van der Waals surface area contributed by atoms with Crippen molar-refractivity contribution in [2.24, 2.45) is 0 Å². The number of benzene rings is 1. The van der Waals surface area contributed by atoms with Gasteiger partial charge < -0.3 is 15.6 Å². The molecular weight excluding hydrogens is 388 g/mol. The van der Waals surface area contributed by atoms with Crippen molar-refractivity contribution in [1.82, 2.24) is 9.97 Å². The van der Waals surface area contributed by atoms with Crippen molar-refractivity contribution in [2.45, 2.75) is 13.3 Å². The molecule has 2 heterocycles. The number of nitrogens with two attached hydrogens (primary N) is 1. The lowest BCUT2D eigenvalue weighted by atomic mass is 10.2. The summed E-state index contributed by atoms with van der Waals surface area (Å²) in [4.78, 5) is 32.5. The maximum Gasteiger partial charge on any atom is 0.347 e. The lowest BCUT2D eigenvalue weighted by Crippen LogP contribution is -2.12. The van der Waals surface area contributed by atoms with Crippen LogP contribution in [0.3, 0.4) is 0 Å². The second-order valence-corrected chi connectivity index (χ2v) is 7.51. The van der Waals surface area contributed by atoms with E-state index in [4.69, 9.17) is 15.6 Å². The third-order valence-corrected chi connectivity index (χ3v) is 5.47. The minimum absolute atomic E-state index is 0.0419. The Morgan fingerprint density at radius 3 is 2.78 bits per heavy atom. The van der Waals surface area contributed by atoms with E-state index in [0.29, 0.717) is 30.0 Å². The van der Waals surface area contributed by atoms with Crippen molar-refractivity contribution in [3.63, 3.8) is 0 Å². The molecule has 1 amide bonds. The number of carbonyl (C=O) groups is 2. The zero-order valence-corrected chi connectivity index (χ0v) is 15.9. The molecule has 0 spiro atoms. The summed E-state index contributed by atoms with van der Waals surface area (Å²) in [6.07, 6.45) is 1.90. The fraction of sp³-hybridized carbons (Fsp3) is 0.176. The van der Waals surface area contributed by atoms with Gasteiger partial charge >= 0.3 is 5.97 Å². The van der Waals surface area contributed by atoms with Gasteiger partial charge in [-0.25, -0.2) is 14.8 Å². The zero-order valence-electron chi connectivity index (χ0n) is 14.3. The number of nitrogens with one attached hydrogen (secondary N) is 1. The third kappa shape index (κ3) is 4.80. The monoisotopic (exact) mass is 404 g/mol. The number of thiazole rings is 2. The highest BCUT2D eigenvalue weighted by Crippen LogP contribution is 2.23. The molecule has 2 aromatic heterocycles. The lowest BCUT2D eigenvalue weighted by molar-refractivity contribution is 0.0701. The van der Waals surface area contributed by atoms with Gasteiger partial charge in [0.1, 0.15) is 10.6 Å².